The summed E-state index contributed by atoms with van der Waals surface area (Å²) in [7, 11) is 0. The van der Waals surface area contributed by atoms with E-state index in [0.717, 1.165) is 33.5 Å². The molecule has 0 aliphatic carbocycles. The van der Waals surface area contributed by atoms with Gasteiger partial charge >= 0.3 is 0 Å². The highest BCUT2D eigenvalue weighted by atomic mass is 16.5. The smallest absolute Gasteiger partial charge is 0.122 e. The highest BCUT2D eigenvalue weighted by molar-refractivity contribution is 5.93. The van der Waals surface area contributed by atoms with Crippen LogP contribution in [-0.4, -0.2) is 16.8 Å². The minimum Gasteiger partial charge on any atom is -0.494 e. The van der Waals surface area contributed by atoms with E-state index < -0.39 is 0 Å². The van der Waals surface area contributed by atoms with E-state index in [-0.39, 0.29) is 0 Å². The molecule has 1 aromatic heterocycles. The van der Waals surface area contributed by atoms with Crippen molar-refractivity contribution in [2.45, 2.75) is 20.8 Å². The highest BCUT2D eigenvalue weighted by Gasteiger charge is 2.12. The Hall–Kier alpha value is -2.29. The second-order valence-electron chi connectivity index (χ2n) is 4.98. The fraction of sp³-hybridized carbons (Fsp3) is 0.235. The van der Waals surface area contributed by atoms with Crippen LogP contribution in [0.25, 0.3) is 22.2 Å². The normalized spacial score (nSPS) is 10.9. The van der Waals surface area contributed by atoms with Crippen molar-refractivity contribution in [1.29, 1.82) is 0 Å². The third kappa shape index (κ3) is 2.05. The number of nitrogens with zero attached hydrogens (tertiary/aromatic N) is 1. The average molecular weight is 266 g/mol. The van der Waals surface area contributed by atoms with Crippen LogP contribution in [0, 0.1) is 13.8 Å². The standard InChI is InChI=1S/C17H18N2O/c1-4-20-16-10-11(2)14(9-12(16)3)17-13-7-5-6-8-15(13)18-19-17/h5-10H,4H2,1-3H3,(H,18,19). The third-order valence-corrected chi connectivity index (χ3v) is 3.55. The van der Waals surface area contributed by atoms with E-state index in [1.54, 1.807) is 0 Å². The summed E-state index contributed by atoms with van der Waals surface area (Å²) in [5.41, 5.74) is 5.54. The van der Waals surface area contributed by atoms with Gasteiger partial charge in [0.05, 0.1) is 12.1 Å². The molecule has 0 bridgehead atoms. The first-order valence-corrected chi connectivity index (χ1v) is 6.88. The summed E-state index contributed by atoms with van der Waals surface area (Å²) in [4.78, 5) is 0. The molecule has 0 spiro atoms. The summed E-state index contributed by atoms with van der Waals surface area (Å²) >= 11 is 0. The number of aromatic amines is 1. The van der Waals surface area contributed by atoms with Crippen LogP contribution >= 0.6 is 0 Å². The molecule has 102 valence electrons. The van der Waals surface area contributed by atoms with Gasteiger partial charge in [-0.15, -0.1) is 0 Å². The summed E-state index contributed by atoms with van der Waals surface area (Å²) in [6.07, 6.45) is 0. The Kier molecular flexibility index (Phi) is 3.18. The van der Waals surface area contributed by atoms with Crippen LogP contribution in [0.3, 0.4) is 0 Å². The highest BCUT2D eigenvalue weighted by Crippen LogP contribution is 2.32. The molecule has 0 radical (unpaired) electrons. The van der Waals surface area contributed by atoms with Crippen molar-refractivity contribution in [3.63, 3.8) is 0 Å². The van der Waals surface area contributed by atoms with Crippen LogP contribution in [0.15, 0.2) is 36.4 Å². The lowest BCUT2D eigenvalue weighted by Gasteiger charge is -2.11. The van der Waals surface area contributed by atoms with E-state index in [9.17, 15) is 0 Å². The molecule has 1 heterocycles. The second kappa shape index (κ2) is 5.00. The first-order valence-electron chi connectivity index (χ1n) is 6.88. The molecule has 0 fully saturated rings. The maximum Gasteiger partial charge on any atom is 0.122 e. The molecule has 1 N–H and O–H groups in total. The Morgan fingerprint density at radius 2 is 1.90 bits per heavy atom. The number of nitrogens with one attached hydrogen (secondary N) is 1. The van der Waals surface area contributed by atoms with Crippen molar-refractivity contribution in [3.8, 4) is 17.0 Å². The van der Waals surface area contributed by atoms with Crippen LogP contribution in [-0.2, 0) is 0 Å². The van der Waals surface area contributed by atoms with Gasteiger partial charge in [-0.05, 0) is 50.1 Å². The molecule has 0 unspecified atom stereocenters. The molecular weight excluding hydrogens is 248 g/mol. The Bertz CT molecular complexity index is 759. The molecule has 3 heteroatoms. The van der Waals surface area contributed by atoms with Gasteiger partial charge in [0, 0.05) is 10.9 Å². The van der Waals surface area contributed by atoms with Gasteiger partial charge in [0.2, 0.25) is 0 Å². The number of rotatable bonds is 3. The van der Waals surface area contributed by atoms with Gasteiger partial charge in [0.1, 0.15) is 11.4 Å². The number of aromatic nitrogens is 2. The number of para-hydroxylation sites is 1. The maximum atomic E-state index is 5.65. The molecule has 20 heavy (non-hydrogen) atoms. The monoisotopic (exact) mass is 266 g/mol. The maximum absolute atomic E-state index is 5.65. The summed E-state index contributed by atoms with van der Waals surface area (Å²) in [6, 6.07) is 12.4. The Morgan fingerprint density at radius 1 is 1.10 bits per heavy atom. The molecule has 2 aromatic carbocycles. The van der Waals surface area contributed by atoms with E-state index in [4.69, 9.17) is 4.74 Å². The minimum atomic E-state index is 0.685. The van der Waals surface area contributed by atoms with Crippen molar-refractivity contribution >= 4 is 10.9 Å². The number of hydrogen-bond acceptors (Lipinski definition) is 2. The predicted octanol–water partition coefficient (Wildman–Crippen LogP) is 4.25. The number of ether oxygens (including phenoxy) is 1. The number of fused-ring (bicyclic) bond motifs is 1. The molecule has 0 aliphatic rings. The fourth-order valence-corrected chi connectivity index (χ4v) is 2.52. The number of hydrogen-bond donors (Lipinski definition) is 1. The Balaban J connectivity index is 2.17. The van der Waals surface area contributed by atoms with Crippen molar-refractivity contribution < 1.29 is 4.74 Å². The largest absolute Gasteiger partial charge is 0.494 e. The van der Waals surface area contributed by atoms with E-state index >= 15 is 0 Å². The van der Waals surface area contributed by atoms with Gasteiger partial charge in [-0.25, -0.2) is 0 Å². The molecule has 3 aromatic rings. The molecule has 0 amide bonds. The molecular formula is C17H18N2O. The molecule has 3 nitrogen and oxygen atoms in total. The van der Waals surface area contributed by atoms with E-state index in [1.807, 2.05) is 25.1 Å². The molecule has 3 rings (SSSR count). The van der Waals surface area contributed by atoms with E-state index in [0.29, 0.717) is 6.61 Å². The molecule has 0 saturated carbocycles. The van der Waals surface area contributed by atoms with Gasteiger partial charge in [0.25, 0.3) is 0 Å². The van der Waals surface area contributed by atoms with Gasteiger partial charge in [0.15, 0.2) is 0 Å². The zero-order valence-electron chi connectivity index (χ0n) is 12.0. The molecule has 0 aliphatic heterocycles. The summed E-state index contributed by atoms with van der Waals surface area (Å²) in [5, 5.41) is 8.72. The van der Waals surface area contributed by atoms with E-state index in [2.05, 4.69) is 42.2 Å². The van der Waals surface area contributed by atoms with Crippen molar-refractivity contribution in [3.05, 3.63) is 47.5 Å². The molecule has 0 saturated heterocycles. The average Bonchev–Trinajstić information content (AvgIpc) is 2.87. The van der Waals surface area contributed by atoms with Crippen molar-refractivity contribution in [1.82, 2.24) is 10.2 Å². The third-order valence-electron chi connectivity index (χ3n) is 3.55. The lowest BCUT2D eigenvalue weighted by Crippen LogP contribution is -1.96. The van der Waals surface area contributed by atoms with E-state index in [1.165, 1.54) is 5.56 Å². The number of aryl methyl sites for hydroxylation is 2. The zero-order chi connectivity index (χ0) is 14.1. The first kappa shape index (κ1) is 12.7. The zero-order valence-corrected chi connectivity index (χ0v) is 12.0. The summed E-state index contributed by atoms with van der Waals surface area (Å²) in [5.74, 6) is 0.952. The Morgan fingerprint density at radius 3 is 2.70 bits per heavy atom. The van der Waals surface area contributed by atoms with Crippen LogP contribution < -0.4 is 4.74 Å². The van der Waals surface area contributed by atoms with Gasteiger partial charge in [-0.3, -0.25) is 5.10 Å². The van der Waals surface area contributed by atoms with Gasteiger partial charge in [-0.2, -0.15) is 5.10 Å². The predicted molar refractivity (Wildman–Crippen MR) is 82.2 cm³/mol. The van der Waals surface area contributed by atoms with Crippen LogP contribution in [0.1, 0.15) is 18.1 Å². The topological polar surface area (TPSA) is 37.9 Å². The number of benzene rings is 2. The summed E-state index contributed by atoms with van der Waals surface area (Å²) < 4.78 is 5.65. The van der Waals surface area contributed by atoms with Crippen LogP contribution in [0.5, 0.6) is 5.75 Å². The summed E-state index contributed by atoms with van der Waals surface area (Å²) in [6.45, 7) is 6.86. The quantitative estimate of drug-likeness (QED) is 0.769. The Labute approximate surface area is 118 Å². The fourth-order valence-electron chi connectivity index (χ4n) is 2.52. The van der Waals surface area contributed by atoms with Gasteiger partial charge < -0.3 is 4.74 Å². The van der Waals surface area contributed by atoms with Crippen molar-refractivity contribution in [2.24, 2.45) is 0 Å². The van der Waals surface area contributed by atoms with Gasteiger partial charge in [-0.1, -0.05) is 18.2 Å². The lowest BCUT2D eigenvalue weighted by atomic mass is 10.00. The van der Waals surface area contributed by atoms with Crippen LogP contribution in [0.4, 0.5) is 0 Å². The van der Waals surface area contributed by atoms with Crippen LogP contribution in [0.2, 0.25) is 0 Å². The van der Waals surface area contributed by atoms with Crippen molar-refractivity contribution in [2.75, 3.05) is 6.61 Å². The minimum absolute atomic E-state index is 0.685. The SMILES string of the molecule is CCOc1cc(C)c(-c2n[nH]c3ccccc23)cc1C. The molecule has 0 atom stereocenters. The number of H-pyrrole nitrogens is 1. The lowest BCUT2D eigenvalue weighted by molar-refractivity contribution is 0.337. The second-order valence-corrected chi connectivity index (χ2v) is 4.98. The first-order chi connectivity index (χ1) is 9.70.